The number of hydrogen-bond acceptors (Lipinski definition) is 5. The maximum absolute atomic E-state index is 12.6. The Bertz CT molecular complexity index is 939. The molecule has 0 atom stereocenters. The van der Waals surface area contributed by atoms with Crippen LogP contribution in [0.2, 0.25) is 0 Å². The molecular formula is C20H24N2O4S2. The molecule has 1 saturated carbocycles. The average Bonchev–Trinajstić information content (AvgIpc) is 3.49. The molecule has 28 heavy (non-hydrogen) atoms. The van der Waals surface area contributed by atoms with Crippen LogP contribution >= 0.6 is 11.8 Å². The van der Waals surface area contributed by atoms with Gasteiger partial charge in [-0.15, -0.1) is 11.8 Å². The first kappa shape index (κ1) is 20.7. The minimum Gasteiger partial charge on any atom is -0.495 e. The summed E-state index contributed by atoms with van der Waals surface area (Å²) in [4.78, 5) is 13.6. The molecule has 0 unspecified atom stereocenters. The second kappa shape index (κ2) is 8.98. The second-order valence-corrected chi connectivity index (χ2v) is 9.53. The first-order valence-electron chi connectivity index (χ1n) is 9.07. The lowest BCUT2D eigenvalue weighted by atomic mass is 10.2. The van der Waals surface area contributed by atoms with E-state index in [4.69, 9.17) is 4.74 Å². The number of rotatable bonds is 9. The quantitative estimate of drug-likeness (QED) is 0.481. The van der Waals surface area contributed by atoms with E-state index in [0.29, 0.717) is 6.54 Å². The monoisotopic (exact) mass is 420 g/mol. The molecule has 0 aliphatic heterocycles. The lowest BCUT2D eigenvalue weighted by Crippen LogP contribution is -2.28. The van der Waals surface area contributed by atoms with Gasteiger partial charge in [0.05, 0.1) is 7.11 Å². The molecule has 1 aliphatic rings. The van der Waals surface area contributed by atoms with Crippen LogP contribution in [0.15, 0.2) is 52.3 Å². The molecule has 6 nitrogen and oxygen atoms in total. The molecule has 2 aromatic carbocycles. The zero-order valence-corrected chi connectivity index (χ0v) is 17.5. The highest BCUT2D eigenvalue weighted by molar-refractivity contribution is 7.99. The van der Waals surface area contributed by atoms with Crippen LogP contribution in [-0.2, 0) is 10.0 Å². The zero-order valence-electron chi connectivity index (χ0n) is 15.9. The molecule has 150 valence electrons. The predicted molar refractivity (Wildman–Crippen MR) is 111 cm³/mol. The minimum atomic E-state index is -3.72. The number of nitrogens with one attached hydrogen (secondary N) is 2. The molecule has 1 fully saturated rings. The molecule has 0 radical (unpaired) electrons. The maximum atomic E-state index is 12.6. The summed E-state index contributed by atoms with van der Waals surface area (Å²) in [6.45, 7) is 2.52. The number of benzene rings is 2. The molecule has 3 rings (SSSR count). The third kappa shape index (κ3) is 5.50. The number of hydrogen-bond donors (Lipinski definition) is 2. The van der Waals surface area contributed by atoms with Gasteiger partial charge < -0.3 is 10.1 Å². The Kier molecular flexibility index (Phi) is 6.64. The smallest absolute Gasteiger partial charge is 0.251 e. The molecular weight excluding hydrogens is 396 g/mol. The molecule has 2 N–H and O–H groups in total. The topological polar surface area (TPSA) is 84.5 Å². The van der Waals surface area contributed by atoms with Crippen molar-refractivity contribution in [2.75, 3.05) is 19.4 Å². The van der Waals surface area contributed by atoms with Gasteiger partial charge in [-0.1, -0.05) is 17.7 Å². The van der Waals surface area contributed by atoms with Gasteiger partial charge >= 0.3 is 0 Å². The lowest BCUT2D eigenvalue weighted by molar-refractivity contribution is 0.0956. The number of carbonyl (C=O) groups excluding carboxylic acids is 1. The summed E-state index contributed by atoms with van der Waals surface area (Å²) in [7, 11) is -2.31. The van der Waals surface area contributed by atoms with E-state index in [9.17, 15) is 13.2 Å². The first-order valence-corrected chi connectivity index (χ1v) is 11.5. The summed E-state index contributed by atoms with van der Waals surface area (Å²) < 4.78 is 32.9. The van der Waals surface area contributed by atoms with Crippen molar-refractivity contribution in [1.29, 1.82) is 0 Å². The van der Waals surface area contributed by atoms with Crippen molar-refractivity contribution < 1.29 is 17.9 Å². The van der Waals surface area contributed by atoms with E-state index in [-0.39, 0.29) is 28.2 Å². The molecule has 0 aromatic heterocycles. The summed E-state index contributed by atoms with van der Waals surface area (Å²) in [6, 6.07) is 12.6. The number of methoxy groups -OCH3 is 1. The average molecular weight is 421 g/mol. The van der Waals surface area contributed by atoms with Crippen molar-refractivity contribution in [2.45, 2.75) is 35.6 Å². The van der Waals surface area contributed by atoms with E-state index in [0.717, 1.165) is 23.5 Å². The molecule has 1 aliphatic carbocycles. The largest absolute Gasteiger partial charge is 0.495 e. The Morgan fingerprint density at radius 2 is 1.89 bits per heavy atom. The van der Waals surface area contributed by atoms with Crippen molar-refractivity contribution >= 4 is 27.7 Å². The molecule has 0 spiro atoms. The van der Waals surface area contributed by atoms with Gasteiger partial charge in [-0.2, -0.15) is 0 Å². The van der Waals surface area contributed by atoms with E-state index in [1.165, 1.54) is 24.8 Å². The molecule has 2 aromatic rings. The van der Waals surface area contributed by atoms with Crippen LogP contribution in [0.1, 0.15) is 28.8 Å². The van der Waals surface area contributed by atoms with Crippen molar-refractivity contribution in [2.24, 2.45) is 0 Å². The highest BCUT2D eigenvalue weighted by atomic mass is 32.2. The van der Waals surface area contributed by atoms with Gasteiger partial charge in [0.1, 0.15) is 10.6 Å². The third-order valence-electron chi connectivity index (χ3n) is 4.29. The fraction of sp³-hybridized carbons (Fsp3) is 0.350. The third-order valence-corrected chi connectivity index (χ3v) is 6.85. The molecule has 8 heteroatoms. The van der Waals surface area contributed by atoms with E-state index in [2.05, 4.69) is 34.3 Å². The van der Waals surface area contributed by atoms with Crippen molar-refractivity contribution in [3.8, 4) is 5.75 Å². The van der Waals surface area contributed by atoms with Gasteiger partial charge in [0.2, 0.25) is 10.0 Å². The van der Waals surface area contributed by atoms with Gasteiger partial charge in [-0.3, -0.25) is 4.79 Å². The number of thioether (sulfide) groups is 1. The Morgan fingerprint density at radius 3 is 2.54 bits per heavy atom. The fourth-order valence-corrected chi connectivity index (χ4v) is 4.85. The summed E-state index contributed by atoms with van der Waals surface area (Å²) >= 11 is 1.65. The summed E-state index contributed by atoms with van der Waals surface area (Å²) in [5.74, 6) is 0.633. The van der Waals surface area contributed by atoms with Crippen LogP contribution in [-0.4, -0.2) is 39.8 Å². The summed E-state index contributed by atoms with van der Waals surface area (Å²) in [5.41, 5.74) is 1.50. The summed E-state index contributed by atoms with van der Waals surface area (Å²) in [6.07, 6.45) is 1.67. The number of sulfonamides is 1. The lowest BCUT2D eigenvalue weighted by Gasteiger charge is -2.12. The molecule has 0 heterocycles. The van der Waals surface area contributed by atoms with Crippen molar-refractivity contribution in [3.63, 3.8) is 0 Å². The SMILES string of the molecule is COc1ccc(C(=O)NCCSc2ccc(C)cc2)cc1S(=O)(=O)NC1CC1. The standard InChI is InChI=1S/C20H24N2O4S2/c1-14-3-8-17(9-4-14)27-12-11-21-20(23)15-5-10-18(26-2)19(13-15)28(24,25)22-16-6-7-16/h3-5,8-10,13,16,22H,6-7,11-12H2,1-2H3,(H,21,23). The van der Waals surface area contributed by atoms with Crippen LogP contribution in [0, 0.1) is 6.92 Å². The Morgan fingerprint density at radius 1 is 1.18 bits per heavy atom. The van der Waals surface area contributed by atoms with Gasteiger partial charge in [0.25, 0.3) is 5.91 Å². The van der Waals surface area contributed by atoms with Crippen LogP contribution in [0.4, 0.5) is 0 Å². The number of ether oxygens (including phenoxy) is 1. The summed E-state index contributed by atoms with van der Waals surface area (Å²) in [5, 5.41) is 2.83. The van der Waals surface area contributed by atoms with Crippen LogP contribution < -0.4 is 14.8 Å². The van der Waals surface area contributed by atoms with Crippen molar-refractivity contribution in [1.82, 2.24) is 10.0 Å². The Labute approximate surface area is 170 Å². The number of carbonyl (C=O) groups is 1. The van der Waals surface area contributed by atoms with Crippen molar-refractivity contribution in [3.05, 3.63) is 53.6 Å². The predicted octanol–water partition coefficient (Wildman–Crippen LogP) is 2.97. The maximum Gasteiger partial charge on any atom is 0.251 e. The van der Waals surface area contributed by atoms with Gasteiger partial charge in [-0.05, 0) is 50.1 Å². The molecule has 1 amide bonds. The Hall–Kier alpha value is -2.03. The van der Waals surface area contributed by atoms with Gasteiger partial charge in [-0.25, -0.2) is 13.1 Å². The normalized spacial score (nSPS) is 13.9. The van der Waals surface area contributed by atoms with E-state index in [1.54, 1.807) is 17.8 Å². The van der Waals surface area contributed by atoms with E-state index >= 15 is 0 Å². The zero-order chi connectivity index (χ0) is 20.1. The van der Waals surface area contributed by atoms with Gasteiger partial charge in [0.15, 0.2) is 0 Å². The fourth-order valence-electron chi connectivity index (χ4n) is 2.58. The number of aryl methyl sites for hydroxylation is 1. The first-order chi connectivity index (χ1) is 13.4. The second-order valence-electron chi connectivity index (χ2n) is 6.68. The number of amides is 1. The Balaban J connectivity index is 1.61. The highest BCUT2D eigenvalue weighted by Crippen LogP contribution is 2.28. The highest BCUT2D eigenvalue weighted by Gasteiger charge is 2.30. The molecule has 0 bridgehead atoms. The van der Waals surface area contributed by atoms with Gasteiger partial charge in [0, 0.05) is 28.8 Å². The van der Waals surface area contributed by atoms with Crippen LogP contribution in [0.5, 0.6) is 5.75 Å². The molecule has 0 saturated heterocycles. The van der Waals surface area contributed by atoms with E-state index < -0.39 is 10.0 Å². The van der Waals surface area contributed by atoms with E-state index in [1.807, 2.05) is 6.92 Å². The van der Waals surface area contributed by atoms with Crippen LogP contribution in [0.25, 0.3) is 0 Å². The minimum absolute atomic E-state index is 0.0106. The van der Waals surface area contributed by atoms with Crippen LogP contribution in [0.3, 0.4) is 0 Å².